The van der Waals surface area contributed by atoms with Crippen molar-refractivity contribution in [2.45, 2.75) is 45.2 Å². The first-order valence-electron chi connectivity index (χ1n) is 10.1. The average molecular weight is 367 g/mol. The van der Waals surface area contributed by atoms with E-state index in [1.807, 2.05) is 29.2 Å². The van der Waals surface area contributed by atoms with Gasteiger partial charge in [0.15, 0.2) is 0 Å². The van der Waals surface area contributed by atoms with Gasteiger partial charge in [-0.05, 0) is 68.8 Å². The van der Waals surface area contributed by atoms with Crippen LogP contribution >= 0.6 is 0 Å². The zero-order valence-corrected chi connectivity index (χ0v) is 16.1. The Kier molecular flexibility index (Phi) is 5.53. The van der Waals surface area contributed by atoms with Crippen LogP contribution < -0.4 is 0 Å². The molecule has 0 N–H and O–H groups in total. The SMILES string of the molecule is Cc1cnn(CC2CCN(C(=O)[C@@H](c3cccnc3)N3CCCC3)CC2)c1. The summed E-state index contributed by atoms with van der Waals surface area (Å²) < 4.78 is 2.04. The van der Waals surface area contributed by atoms with E-state index in [2.05, 4.69) is 33.0 Å². The van der Waals surface area contributed by atoms with Crippen LogP contribution in [0, 0.1) is 12.8 Å². The van der Waals surface area contributed by atoms with Crippen molar-refractivity contribution in [1.29, 1.82) is 0 Å². The van der Waals surface area contributed by atoms with Crippen LogP contribution in [0.15, 0.2) is 36.9 Å². The Hall–Kier alpha value is -2.21. The van der Waals surface area contributed by atoms with Gasteiger partial charge in [0, 0.05) is 38.2 Å². The second kappa shape index (κ2) is 8.21. The van der Waals surface area contributed by atoms with Crippen molar-refractivity contribution in [2.75, 3.05) is 26.2 Å². The third kappa shape index (κ3) is 4.21. The Morgan fingerprint density at radius 3 is 2.59 bits per heavy atom. The van der Waals surface area contributed by atoms with Gasteiger partial charge in [-0.25, -0.2) is 0 Å². The molecule has 0 unspecified atom stereocenters. The number of piperidine rings is 1. The molecule has 0 saturated carbocycles. The number of carbonyl (C=O) groups excluding carboxylic acids is 1. The highest BCUT2D eigenvalue weighted by molar-refractivity contribution is 5.83. The second-order valence-electron chi connectivity index (χ2n) is 7.94. The lowest BCUT2D eigenvalue weighted by Crippen LogP contribution is -2.46. The van der Waals surface area contributed by atoms with Crippen LogP contribution in [0.3, 0.4) is 0 Å². The molecule has 144 valence electrons. The maximum Gasteiger partial charge on any atom is 0.244 e. The largest absolute Gasteiger partial charge is 0.341 e. The van der Waals surface area contributed by atoms with Crippen LogP contribution in [0.4, 0.5) is 0 Å². The van der Waals surface area contributed by atoms with Crippen LogP contribution in [0.1, 0.15) is 42.9 Å². The van der Waals surface area contributed by atoms with E-state index < -0.39 is 0 Å². The molecular weight excluding hydrogens is 338 g/mol. The minimum Gasteiger partial charge on any atom is -0.341 e. The average Bonchev–Trinajstić information content (AvgIpc) is 3.36. The summed E-state index contributed by atoms with van der Waals surface area (Å²) >= 11 is 0. The molecule has 2 saturated heterocycles. The Labute approximate surface area is 161 Å². The number of amides is 1. The van der Waals surface area contributed by atoms with Crippen molar-refractivity contribution in [3.8, 4) is 0 Å². The van der Waals surface area contributed by atoms with Gasteiger partial charge >= 0.3 is 0 Å². The highest BCUT2D eigenvalue weighted by Gasteiger charge is 2.34. The van der Waals surface area contributed by atoms with Crippen LogP contribution in [-0.2, 0) is 11.3 Å². The van der Waals surface area contributed by atoms with Gasteiger partial charge in [-0.1, -0.05) is 6.07 Å². The Morgan fingerprint density at radius 2 is 1.96 bits per heavy atom. The topological polar surface area (TPSA) is 54.3 Å². The van der Waals surface area contributed by atoms with Gasteiger partial charge in [-0.3, -0.25) is 19.4 Å². The van der Waals surface area contributed by atoms with Crippen LogP contribution in [-0.4, -0.2) is 56.7 Å². The molecular formula is C21H29N5O. The van der Waals surface area contributed by atoms with E-state index in [0.29, 0.717) is 5.92 Å². The smallest absolute Gasteiger partial charge is 0.244 e. The van der Waals surface area contributed by atoms with E-state index in [-0.39, 0.29) is 11.9 Å². The number of rotatable bonds is 5. The Morgan fingerprint density at radius 1 is 1.19 bits per heavy atom. The van der Waals surface area contributed by atoms with E-state index >= 15 is 0 Å². The summed E-state index contributed by atoms with van der Waals surface area (Å²) in [6, 6.07) is 3.80. The standard InChI is InChI=1S/C21H29N5O/c1-17-13-23-26(15-17)16-18-6-11-25(12-7-18)21(27)20(24-9-2-3-10-24)19-5-4-8-22-14-19/h4-5,8,13-15,18,20H,2-3,6-7,9-12,16H2,1H3/t20-/m1/s1. The molecule has 0 bridgehead atoms. The number of hydrogen-bond donors (Lipinski definition) is 0. The molecule has 0 aliphatic carbocycles. The fourth-order valence-corrected chi connectivity index (χ4v) is 4.39. The minimum atomic E-state index is -0.175. The third-order valence-corrected chi connectivity index (χ3v) is 5.87. The number of pyridine rings is 1. The molecule has 2 fully saturated rings. The lowest BCUT2D eigenvalue weighted by Gasteiger charge is -2.36. The summed E-state index contributed by atoms with van der Waals surface area (Å²) in [6.07, 6.45) is 12.1. The molecule has 2 aromatic rings. The molecule has 6 heteroatoms. The summed E-state index contributed by atoms with van der Waals surface area (Å²) in [7, 11) is 0. The quantitative estimate of drug-likeness (QED) is 0.815. The van der Waals surface area contributed by atoms with E-state index in [1.165, 1.54) is 18.4 Å². The molecule has 1 atom stereocenters. The first kappa shape index (κ1) is 18.2. The van der Waals surface area contributed by atoms with Crippen LogP contribution in [0.5, 0.6) is 0 Å². The normalized spacial score (nSPS) is 20.1. The van der Waals surface area contributed by atoms with Crippen molar-refractivity contribution in [3.63, 3.8) is 0 Å². The fraction of sp³-hybridized carbons (Fsp3) is 0.571. The van der Waals surface area contributed by atoms with Crippen molar-refractivity contribution in [1.82, 2.24) is 24.6 Å². The Bertz CT molecular complexity index is 745. The molecule has 0 spiro atoms. The number of aromatic nitrogens is 3. The number of carbonyl (C=O) groups is 1. The zero-order chi connectivity index (χ0) is 18.6. The van der Waals surface area contributed by atoms with Gasteiger partial charge in [0.1, 0.15) is 6.04 Å². The van der Waals surface area contributed by atoms with Gasteiger partial charge < -0.3 is 4.90 Å². The zero-order valence-electron chi connectivity index (χ0n) is 16.1. The molecule has 2 aliphatic rings. The van der Waals surface area contributed by atoms with Gasteiger partial charge in [0.25, 0.3) is 0 Å². The highest BCUT2D eigenvalue weighted by atomic mass is 16.2. The van der Waals surface area contributed by atoms with Gasteiger partial charge in [0.05, 0.1) is 6.20 Å². The summed E-state index contributed by atoms with van der Waals surface area (Å²) in [5, 5.41) is 4.41. The maximum absolute atomic E-state index is 13.4. The van der Waals surface area contributed by atoms with Gasteiger partial charge in [0.2, 0.25) is 5.91 Å². The molecule has 1 amide bonds. The van der Waals surface area contributed by atoms with E-state index in [4.69, 9.17) is 0 Å². The predicted octanol–water partition coefficient (Wildman–Crippen LogP) is 2.66. The van der Waals surface area contributed by atoms with Crippen LogP contribution in [0.25, 0.3) is 0 Å². The molecule has 4 heterocycles. The lowest BCUT2D eigenvalue weighted by molar-refractivity contribution is -0.138. The number of hydrogen-bond acceptors (Lipinski definition) is 4. The number of likely N-dealkylation sites (tertiary alicyclic amines) is 2. The Balaban J connectivity index is 1.40. The van der Waals surface area contributed by atoms with Crippen LogP contribution in [0.2, 0.25) is 0 Å². The summed E-state index contributed by atoms with van der Waals surface area (Å²) in [5.74, 6) is 0.843. The van der Waals surface area contributed by atoms with Gasteiger partial charge in [-0.15, -0.1) is 0 Å². The number of aryl methyl sites for hydroxylation is 1. The molecule has 2 aromatic heterocycles. The molecule has 4 rings (SSSR count). The monoisotopic (exact) mass is 367 g/mol. The summed E-state index contributed by atoms with van der Waals surface area (Å²) in [4.78, 5) is 22.1. The van der Waals surface area contributed by atoms with E-state index in [9.17, 15) is 4.79 Å². The maximum atomic E-state index is 13.4. The minimum absolute atomic E-state index is 0.175. The van der Waals surface area contributed by atoms with Gasteiger partial charge in [-0.2, -0.15) is 5.10 Å². The lowest BCUT2D eigenvalue weighted by atomic mass is 9.95. The van der Waals surface area contributed by atoms with Crippen molar-refractivity contribution in [3.05, 3.63) is 48.0 Å². The van der Waals surface area contributed by atoms with Crippen molar-refractivity contribution >= 4 is 5.91 Å². The molecule has 2 aliphatic heterocycles. The molecule has 0 radical (unpaired) electrons. The summed E-state index contributed by atoms with van der Waals surface area (Å²) in [5.41, 5.74) is 2.23. The van der Waals surface area contributed by atoms with E-state index in [0.717, 1.165) is 51.1 Å². The molecule has 0 aromatic carbocycles. The second-order valence-corrected chi connectivity index (χ2v) is 7.94. The predicted molar refractivity (Wildman–Crippen MR) is 104 cm³/mol. The fourth-order valence-electron chi connectivity index (χ4n) is 4.39. The first-order valence-corrected chi connectivity index (χ1v) is 10.1. The molecule has 6 nitrogen and oxygen atoms in total. The van der Waals surface area contributed by atoms with Crippen molar-refractivity contribution in [2.24, 2.45) is 5.92 Å². The first-order chi connectivity index (χ1) is 13.2. The van der Waals surface area contributed by atoms with Crippen molar-refractivity contribution < 1.29 is 4.79 Å². The number of nitrogens with zero attached hydrogens (tertiary/aromatic N) is 5. The van der Waals surface area contributed by atoms with E-state index in [1.54, 1.807) is 6.20 Å². The molecule has 27 heavy (non-hydrogen) atoms. The highest BCUT2D eigenvalue weighted by Crippen LogP contribution is 2.29. The summed E-state index contributed by atoms with van der Waals surface area (Å²) in [6.45, 7) is 6.71. The third-order valence-electron chi connectivity index (χ3n) is 5.87.